The molecule has 0 saturated carbocycles. The topological polar surface area (TPSA) is 134 Å². The molecule has 35 heavy (non-hydrogen) atoms. The maximum Gasteiger partial charge on any atom is 0.317 e. The zero-order valence-corrected chi connectivity index (χ0v) is 20.7. The first-order valence-electron chi connectivity index (χ1n) is 12.3. The van der Waals surface area contributed by atoms with E-state index >= 15 is 0 Å². The summed E-state index contributed by atoms with van der Waals surface area (Å²) in [6.45, 7) is 6.52. The van der Waals surface area contributed by atoms with E-state index in [2.05, 4.69) is 22.3 Å². The summed E-state index contributed by atoms with van der Waals surface area (Å²) in [5, 5.41) is 30.9. The molecule has 1 aromatic carbocycles. The lowest BCUT2D eigenvalue weighted by molar-refractivity contribution is -0.139. The molecule has 1 heterocycles. The maximum absolute atomic E-state index is 11.3. The second-order valence-electron chi connectivity index (χ2n) is 9.36. The van der Waals surface area contributed by atoms with Gasteiger partial charge in [-0.2, -0.15) is 0 Å². The minimum Gasteiger partial charge on any atom is -0.480 e. The van der Waals surface area contributed by atoms with Gasteiger partial charge in [0.25, 0.3) is 0 Å². The second kappa shape index (κ2) is 15.5. The van der Waals surface area contributed by atoms with E-state index in [1.165, 1.54) is 5.56 Å². The molecular formula is C25H40N4O6. The van der Waals surface area contributed by atoms with Crippen molar-refractivity contribution in [3.8, 4) is 0 Å². The van der Waals surface area contributed by atoms with Crippen LogP contribution in [0.2, 0.25) is 0 Å². The number of aryl methyl sites for hydroxylation is 1. The molecule has 1 saturated heterocycles. The number of hydrogen-bond donors (Lipinski definition) is 4. The van der Waals surface area contributed by atoms with E-state index in [1.807, 2.05) is 28.9 Å². The third-order valence-electron chi connectivity index (χ3n) is 6.19. The number of carboxylic acid groups (broad SMARTS) is 3. The summed E-state index contributed by atoms with van der Waals surface area (Å²) in [6, 6.07) is 8.16. The van der Waals surface area contributed by atoms with Gasteiger partial charge < -0.3 is 25.5 Å². The molecule has 1 aliphatic rings. The van der Waals surface area contributed by atoms with Crippen LogP contribution in [0.4, 0.5) is 0 Å². The molecule has 0 spiro atoms. The molecule has 0 amide bonds. The van der Waals surface area contributed by atoms with Crippen LogP contribution in [0.5, 0.6) is 0 Å². The van der Waals surface area contributed by atoms with Crippen LogP contribution in [0.15, 0.2) is 24.3 Å². The number of carbonyl (C=O) groups is 3. The zero-order chi connectivity index (χ0) is 25.6. The van der Waals surface area contributed by atoms with Gasteiger partial charge in [0, 0.05) is 12.6 Å². The van der Waals surface area contributed by atoms with Gasteiger partial charge in [-0.05, 0) is 77.4 Å². The minimum absolute atomic E-state index is 0.0326. The van der Waals surface area contributed by atoms with Crippen molar-refractivity contribution in [3.63, 3.8) is 0 Å². The van der Waals surface area contributed by atoms with E-state index in [9.17, 15) is 29.7 Å². The van der Waals surface area contributed by atoms with E-state index < -0.39 is 17.9 Å². The van der Waals surface area contributed by atoms with Gasteiger partial charge in [-0.15, -0.1) is 0 Å². The molecule has 4 N–H and O–H groups in total. The first-order valence-corrected chi connectivity index (χ1v) is 12.3. The highest BCUT2D eigenvalue weighted by atomic mass is 16.4. The highest BCUT2D eigenvalue weighted by Crippen LogP contribution is 2.10. The first-order chi connectivity index (χ1) is 16.7. The van der Waals surface area contributed by atoms with Crippen LogP contribution in [0, 0.1) is 6.92 Å². The molecule has 0 aliphatic carbocycles. The fraction of sp³-hybridized carbons (Fsp3) is 0.640. The minimum atomic E-state index is -0.902. The molecule has 10 nitrogen and oxygen atoms in total. The Morgan fingerprint density at radius 3 is 1.66 bits per heavy atom. The van der Waals surface area contributed by atoms with Crippen molar-refractivity contribution < 1.29 is 29.7 Å². The van der Waals surface area contributed by atoms with Crippen LogP contribution < -0.4 is 5.32 Å². The molecule has 1 atom stereocenters. The normalized spacial score (nSPS) is 18.3. The lowest BCUT2D eigenvalue weighted by Gasteiger charge is -2.31. The Hall–Kier alpha value is -2.53. The number of nitrogens with zero attached hydrogens (tertiary/aromatic N) is 3. The van der Waals surface area contributed by atoms with Crippen molar-refractivity contribution in [3.05, 3.63) is 35.4 Å². The SMILES string of the molecule is Cc1ccc(CC(CN2CCCN(CC(=O)O)CCCN(CC(=O)O)CCC2)NCC(=O)O)cc1. The van der Waals surface area contributed by atoms with Crippen LogP contribution in [0.1, 0.15) is 30.4 Å². The number of carboxylic acids is 3. The lowest BCUT2D eigenvalue weighted by Crippen LogP contribution is -2.46. The number of rotatable bonds is 11. The monoisotopic (exact) mass is 492 g/mol. The van der Waals surface area contributed by atoms with Crippen molar-refractivity contribution in [1.29, 1.82) is 0 Å². The Morgan fingerprint density at radius 2 is 1.23 bits per heavy atom. The van der Waals surface area contributed by atoms with Crippen LogP contribution in [0.3, 0.4) is 0 Å². The lowest BCUT2D eigenvalue weighted by atomic mass is 10.0. The van der Waals surface area contributed by atoms with Gasteiger partial charge in [-0.1, -0.05) is 29.8 Å². The Morgan fingerprint density at radius 1 is 0.771 bits per heavy atom. The molecule has 2 rings (SSSR count). The summed E-state index contributed by atoms with van der Waals surface area (Å²) in [5.74, 6) is -2.64. The molecule has 0 bridgehead atoms. The molecule has 0 radical (unpaired) electrons. The Kier molecular flexibility index (Phi) is 12.7. The summed E-state index contributed by atoms with van der Waals surface area (Å²) in [6.07, 6.45) is 3.03. The fourth-order valence-corrected chi connectivity index (χ4v) is 4.52. The highest BCUT2D eigenvalue weighted by Gasteiger charge is 2.19. The standard InChI is InChI=1S/C25H40N4O6/c1-20-5-7-21(8-6-20)15-22(26-16-23(30)31)17-27-9-2-11-28(18-24(32)33)13-4-14-29(12-3-10-27)19-25(34)35/h5-8,22,26H,2-4,9-19H2,1H3,(H,30,31)(H,32,33)(H,34,35). The Balaban J connectivity index is 2.09. The third kappa shape index (κ3) is 12.7. The van der Waals surface area contributed by atoms with E-state index in [4.69, 9.17) is 0 Å². The summed E-state index contributed by atoms with van der Waals surface area (Å²) in [7, 11) is 0. The highest BCUT2D eigenvalue weighted by molar-refractivity contribution is 5.69. The average Bonchev–Trinajstić information content (AvgIpc) is 2.76. The molecule has 196 valence electrons. The van der Waals surface area contributed by atoms with Gasteiger partial charge in [0.05, 0.1) is 19.6 Å². The van der Waals surface area contributed by atoms with Crippen LogP contribution in [-0.4, -0.2) is 119 Å². The maximum atomic E-state index is 11.3. The van der Waals surface area contributed by atoms with Crippen molar-refractivity contribution in [2.24, 2.45) is 0 Å². The molecular weight excluding hydrogens is 452 g/mol. The predicted molar refractivity (Wildman–Crippen MR) is 133 cm³/mol. The van der Waals surface area contributed by atoms with Gasteiger partial charge in [0.1, 0.15) is 0 Å². The van der Waals surface area contributed by atoms with Crippen LogP contribution in [-0.2, 0) is 20.8 Å². The predicted octanol–water partition coefficient (Wildman–Crippen LogP) is 0.839. The van der Waals surface area contributed by atoms with Crippen LogP contribution >= 0.6 is 0 Å². The molecule has 1 unspecified atom stereocenters. The number of hydrogen-bond acceptors (Lipinski definition) is 7. The summed E-state index contributed by atoms with van der Waals surface area (Å²) in [4.78, 5) is 39.9. The van der Waals surface area contributed by atoms with Gasteiger partial charge in [-0.25, -0.2) is 0 Å². The molecule has 10 heteroatoms. The summed E-state index contributed by atoms with van der Waals surface area (Å²) in [5.41, 5.74) is 2.30. The van der Waals surface area contributed by atoms with Crippen LogP contribution in [0.25, 0.3) is 0 Å². The second-order valence-corrected chi connectivity index (χ2v) is 9.36. The number of aliphatic carboxylic acids is 3. The third-order valence-corrected chi connectivity index (χ3v) is 6.19. The molecule has 1 aliphatic heterocycles. The van der Waals surface area contributed by atoms with Crippen molar-refractivity contribution in [1.82, 2.24) is 20.0 Å². The van der Waals surface area contributed by atoms with Gasteiger partial charge >= 0.3 is 17.9 Å². The number of nitrogens with one attached hydrogen (secondary N) is 1. The fourth-order valence-electron chi connectivity index (χ4n) is 4.52. The van der Waals surface area contributed by atoms with Gasteiger partial charge in [0.15, 0.2) is 0 Å². The van der Waals surface area contributed by atoms with E-state index in [0.29, 0.717) is 39.1 Å². The van der Waals surface area contributed by atoms with E-state index in [0.717, 1.165) is 37.9 Å². The summed E-state index contributed by atoms with van der Waals surface area (Å²) < 4.78 is 0. The Bertz CT molecular complexity index is 774. The largest absolute Gasteiger partial charge is 0.480 e. The molecule has 1 fully saturated rings. The quantitative estimate of drug-likeness (QED) is 0.352. The first kappa shape index (κ1) is 28.7. The van der Waals surface area contributed by atoms with Crippen molar-refractivity contribution >= 4 is 17.9 Å². The number of benzene rings is 1. The molecule has 0 aromatic heterocycles. The molecule has 1 aromatic rings. The van der Waals surface area contributed by atoms with Crippen molar-refractivity contribution in [2.45, 2.75) is 38.6 Å². The van der Waals surface area contributed by atoms with Gasteiger partial charge in [-0.3, -0.25) is 24.2 Å². The van der Waals surface area contributed by atoms with E-state index in [1.54, 1.807) is 0 Å². The van der Waals surface area contributed by atoms with Gasteiger partial charge in [0.2, 0.25) is 0 Å². The average molecular weight is 493 g/mol. The zero-order valence-electron chi connectivity index (χ0n) is 20.7. The van der Waals surface area contributed by atoms with E-state index in [-0.39, 0.29) is 25.7 Å². The van der Waals surface area contributed by atoms with Crippen molar-refractivity contribution in [2.75, 3.05) is 65.4 Å². The smallest absolute Gasteiger partial charge is 0.317 e. The Labute approximate surface area is 207 Å². The summed E-state index contributed by atoms with van der Waals surface area (Å²) >= 11 is 0.